The van der Waals surface area contributed by atoms with E-state index < -0.39 is 0 Å². The number of hydrazone groups is 1. The van der Waals surface area contributed by atoms with E-state index in [-0.39, 0.29) is 17.9 Å². The lowest BCUT2D eigenvalue weighted by molar-refractivity contribution is -0.123. The van der Waals surface area contributed by atoms with E-state index in [4.69, 9.17) is 4.74 Å². The van der Waals surface area contributed by atoms with Crippen molar-refractivity contribution in [3.63, 3.8) is 0 Å². The number of nitrogens with zero attached hydrogens (tertiary/aromatic N) is 1. The Bertz CT molecular complexity index is 713. The van der Waals surface area contributed by atoms with Crippen LogP contribution in [0.25, 0.3) is 0 Å². The van der Waals surface area contributed by atoms with Crippen molar-refractivity contribution < 1.29 is 9.53 Å². The highest BCUT2D eigenvalue weighted by Gasteiger charge is 2.13. The van der Waals surface area contributed by atoms with Gasteiger partial charge in [0.1, 0.15) is 5.75 Å². The predicted octanol–water partition coefficient (Wildman–Crippen LogP) is 3.82. The molecule has 0 bridgehead atoms. The van der Waals surface area contributed by atoms with Crippen LogP contribution in [0.15, 0.2) is 53.6 Å². The molecule has 0 unspecified atom stereocenters. The van der Waals surface area contributed by atoms with E-state index in [0.29, 0.717) is 5.75 Å². The van der Waals surface area contributed by atoms with Gasteiger partial charge in [-0.1, -0.05) is 57.2 Å². The van der Waals surface area contributed by atoms with Gasteiger partial charge in [-0.15, -0.1) is 0 Å². The van der Waals surface area contributed by atoms with Gasteiger partial charge in [-0.2, -0.15) is 5.10 Å². The number of benzene rings is 2. The van der Waals surface area contributed by atoms with Crippen molar-refractivity contribution in [2.75, 3.05) is 6.61 Å². The predicted molar refractivity (Wildman–Crippen MR) is 97.6 cm³/mol. The number of rotatable bonds is 5. The number of aryl methyl sites for hydroxylation is 1. The highest BCUT2D eigenvalue weighted by atomic mass is 16.5. The Morgan fingerprint density at radius 2 is 1.79 bits per heavy atom. The number of hydrogen-bond acceptors (Lipinski definition) is 3. The molecule has 2 aromatic carbocycles. The van der Waals surface area contributed by atoms with E-state index in [0.717, 1.165) is 11.1 Å². The van der Waals surface area contributed by atoms with Gasteiger partial charge in [-0.3, -0.25) is 4.79 Å². The summed E-state index contributed by atoms with van der Waals surface area (Å²) in [5, 5.41) is 3.96. The highest BCUT2D eigenvalue weighted by molar-refractivity contribution is 5.84. The van der Waals surface area contributed by atoms with Crippen molar-refractivity contribution in [2.45, 2.75) is 33.1 Å². The molecular weight excluding hydrogens is 300 g/mol. The molecule has 1 N–H and O–H groups in total. The van der Waals surface area contributed by atoms with Crippen LogP contribution in [-0.4, -0.2) is 18.7 Å². The van der Waals surface area contributed by atoms with E-state index in [1.165, 1.54) is 5.56 Å². The molecular formula is C20H24N2O2. The summed E-state index contributed by atoms with van der Waals surface area (Å²) in [6.07, 6.45) is 1.63. The molecule has 0 radical (unpaired) electrons. The van der Waals surface area contributed by atoms with Gasteiger partial charge in [0.15, 0.2) is 6.61 Å². The van der Waals surface area contributed by atoms with E-state index in [9.17, 15) is 4.79 Å². The Morgan fingerprint density at radius 3 is 2.42 bits per heavy atom. The molecule has 4 nitrogen and oxygen atoms in total. The first kappa shape index (κ1) is 17.7. The second kappa shape index (κ2) is 7.77. The summed E-state index contributed by atoms with van der Waals surface area (Å²) >= 11 is 0. The topological polar surface area (TPSA) is 50.7 Å². The monoisotopic (exact) mass is 324 g/mol. The molecule has 1 amide bonds. The van der Waals surface area contributed by atoms with Gasteiger partial charge in [0.25, 0.3) is 5.91 Å². The zero-order chi connectivity index (χ0) is 17.6. The summed E-state index contributed by atoms with van der Waals surface area (Å²) in [5.41, 5.74) is 5.86. The Labute approximate surface area is 143 Å². The van der Waals surface area contributed by atoms with Gasteiger partial charge in [0.2, 0.25) is 0 Å². The lowest BCUT2D eigenvalue weighted by Gasteiger charge is -2.19. The summed E-state index contributed by atoms with van der Waals surface area (Å²) in [7, 11) is 0. The van der Waals surface area contributed by atoms with Gasteiger partial charge in [-0.25, -0.2) is 5.43 Å². The van der Waals surface area contributed by atoms with E-state index in [1.54, 1.807) is 6.21 Å². The number of carbonyl (C=O) groups excluding carboxylic acids is 1. The summed E-state index contributed by atoms with van der Waals surface area (Å²) in [6, 6.07) is 15.6. The molecule has 0 saturated carbocycles. The van der Waals surface area contributed by atoms with Gasteiger partial charge >= 0.3 is 0 Å². The second-order valence-electron chi connectivity index (χ2n) is 6.71. The third-order valence-corrected chi connectivity index (χ3v) is 3.67. The van der Waals surface area contributed by atoms with Crippen molar-refractivity contribution in [2.24, 2.45) is 5.10 Å². The van der Waals surface area contributed by atoms with Crippen LogP contribution >= 0.6 is 0 Å². The molecule has 4 heteroatoms. The number of amides is 1. The minimum absolute atomic E-state index is 0.0695. The molecule has 126 valence electrons. The summed E-state index contributed by atoms with van der Waals surface area (Å²) in [6.45, 7) is 8.39. The van der Waals surface area contributed by atoms with Crippen LogP contribution < -0.4 is 10.2 Å². The Morgan fingerprint density at radius 1 is 1.12 bits per heavy atom. The Balaban J connectivity index is 1.82. The minimum Gasteiger partial charge on any atom is -0.484 e. The van der Waals surface area contributed by atoms with Gasteiger partial charge in [0, 0.05) is 0 Å². The zero-order valence-electron chi connectivity index (χ0n) is 14.7. The summed E-state index contributed by atoms with van der Waals surface area (Å²) in [5.74, 6) is 0.376. The first-order chi connectivity index (χ1) is 11.4. The van der Waals surface area contributed by atoms with Crippen LogP contribution in [0.3, 0.4) is 0 Å². The quantitative estimate of drug-likeness (QED) is 0.671. The largest absolute Gasteiger partial charge is 0.484 e. The minimum atomic E-state index is -0.292. The fourth-order valence-corrected chi connectivity index (χ4v) is 2.14. The lowest BCUT2D eigenvalue weighted by Crippen LogP contribution is -2.24. The van der Waals surface area contributed by atoms with Crippen molar-refractivity contribution >= 4 is 12.1 Å². The average molecular weight is 324 g/mol. The molecule has 2 aromatic rings. The van der Waals surface area contributed by atoms with Crippen molar-refractivity contribution in [3.05, 3.63) is 65.2 Å². The van der Waals surface area contributed by atoms with Crippen LogP contribution in [-0.2, 0) is 10.2 Å². The molecule has 0 aliphatic rings. The highest BCUT2D eigenvalue weighted by Crippen LogP contribution is 2.24. The zero-order valence-corrected chi connectivity index (χ0v) is 14.7. The van der Waals surface area contributed by atoms with Gasteiger partial charge in [0.05, 0.1) is 6.21 Å². The van der Waals surface area contributed by atoms with Crippen molar-refractivity contribution in [1.82, 2.24) is 5.43 Å². The molecule has 2 rings (SSSR count). The summed E-state index contributed by atoms with van der Waals surface area (Å²) in [4.78, 5) is 11.8. The van der Waals surface area contributed by atoms with Crippen LogP contribution in [0.4, 0.5) is 0 Å². The fourth-order valence-electron chi connectivity index (χ4n) is 2.14. The first-order valence-corrected chi connectivity index (χ1v) is 7.97. The van der Waals surface area contributed by atoms with Crippen LogP contribution in [0.2, 0.25) is 0 Å². The first-order valence-electron chi connectivity index (χ1n) is 7.97. The second-order valence-corrected chi connectivity index (χ2v) is 6.71. The van der Waals surface area contributed by atoms with Gasteiger partial charge in [-0.05, 0) is 41.2 Å². The Kier molecular flexibility index (Phi) is 5.74. The number of carbonyl (C=O) groups is 1. The number of ether oxygens (including phenoxy) is 1. The third kappa shape index (κ3) is 5.23. The maximum atomic E-state index is 11.8. The maximum Gasteiger partial charge on any atom is 0.277 e. The molecule has 0 atom stereocenters. The smallest absolute Gasteiger partial charge is 0.277 e. The summed E-state index contributed by atoms with van der Waals surface area (Å²) < 4.78 is 5.48. The molecule has 0 aromatic heterocycles. The third-order valence-electron chi connectivity index (χ3n) is 3.67. The molecule has 0 spiro atoms. The van der Waals surface area contributed by atoms with E-state index in [2.05, 4.69) is 31.3 Å². The van der Waals surface area contributed by atoms with Crippen LogP contribution in [0.5, 0.6) is 5.75 Å². The Hall–Kier alpha value is -2.62. The van der Waals surface area contributed by atoms with E-state index >= 15 is 0 Å². The fraction of sp³-hybridized carbons (Fsp3) is 0.300. The molecule has 0 aliphatic heterocycles. The molecule has 24 heavy (non-hydrogen) atoms. The SMILES string of the molecule is Cc1ccccc1/C=N/NC(=O)COc1ccc(C(C)(C)C)cc1. The van der Waals surface area contributed by atoms with Crippen LogP contribution in [0, 0.1) is 6.92 Å². The number of hydrogen-bond donors (Lipinski definition) is 1. The standard InChI is InChI=1S/C20H24N2O2/c1-15-7-5-6-8-16(15)13-21-22-19(23)14-24-18-11-9-17(10-12-18)20(2,3)4/h5-13H,14H2,1-4H3,(H,22,23)/b21-13+. The number of nitrogens with one attached hydrogen (secondary N) is 1. The van der Waals surface area contributed by atoms with Crippen LogP contribution in [0.1, 0.15) is 37.5 Å². The van der Waals surface area contributed by atoms with Crippen molar-refractivity contribution in [1.29, 1.82) is 0 Å². The van der Waals surface area contributed by atoms with Crippen molar-refractivity contribution in [3.8, 4) is 5.75 Å². The molecule has 0 aliphatic carbocycles. The molecule has 0 fully saturated rings. The van der Waals surface area contributed by atoms with E-state index in [1.807, 2.05) is 55.5 Å². The van der Waals surface area contributed by atoms with Gasteiger partial charge < -0.3 is 4.74 Å². The molecule has 0 heterocycles. The normalized spacial score (nSPS) is 11.5. The molecule has 0 saturated heterocycles. The maximum absolute atomic E-state index is 11.8. The lowest BCUT2D eigenvalue weighted by atomic mass is 9.87. The average Bonchev–Trinajstić information content (AvgIpc) is 2.54.